The van der Waals surface area contributed by atoms with Crippen LogP contribution in [-0.2, 0) is 25.5 Å². The quantitative estimate of drug-likeness (QED) is 0.666. The first-order valence-electron chi connectivity index (χ1n) is 8.52. The summed E-state index contributed by atoms with van der Waals surface area (Å²) in [6.07, 6.45) is 0.952. The fourth-order valence-corrected chi connectivity index (χ4v) is 2.47. The van der Waals surface area contributed by atoms with Crippen LogP contribution in [0.3, 0.4) is 0 Å². The summed E-state index contributed by atoms with van der Waals surface area (Å²) < 4.78 is 10.2. The summed E-state index contributed by atoms with van der Waals surface area (Å²) in [6, 6.07) is 9.82. The normalized spacial score (nSPS) is 12.5. The highest BCUT2D eigenvalue weighted by molar-refractivity contribution is 5.77. The van der Waals surface area contributed by atoms with Gasteiger partial charge < -0.3 is 14.8 Å². The van der Waals surface area contributed by atoms with Crippen LogP contribution in [0.25, 0.3) is 0 Å². The van der Waals surface area contributed by atoms with Crippen molar-refractivity contribution in [3.63, 3.8) is 0 Å². The molecule has 0 saturated carbocycles. The van der Waals surface area contributed by atoms with Crippen LogP contribution in [0, 0.1) is 5.41 Å². The summed E-state index contributed by atoms with van der Waals surface area (Å²) in [5.74, 6) is -0.480. The van der Waals surface area contributed by atoms with E-state index < -0.39 is 5.41 Å². The predicted molar refractivity (Wildman–Crippen MR) is 93.6 cm³/mol. The van der Waals surface area contributed by atoms with Crippen LogP contribution in [0.1, 0.15) is 39.7 Å². The third kappa shape index (κ3) is 6.32. The molecule has 0 aliphatic rings. The molecular weight excluding hydrogens is 306 g/mol. The Bertz CT molecular complexity index is 513. The fraction of sp³-hybridized carbons (Fsp3) is 0.579. The van der Waals surface area contributed by atoms with Gasteiger partial charge in [0.05, 0.1) is 25.0 Å². The molecule has 1 atom stereocenters. The standard InChI is InChI=1S/C19H29NO4/c1-5-23-17(21)12-13-20-16(14-15-10-8-7-9-11-15)19(3,4)18(22)24-6-2/h7-11,16,20H,5-6,12-14H2,1-4H3. The van der Waals surface area contributed by atoms with Crippen molar-refractivity contribution in [2.75, 3.05) is 19.8 Å². The fourth-order valence-electron chi connectivity index (χ4n) is 2.47. The van der Waals surface area contributed by atoms with Crippen molar-refractivity contribution >= 4 is 11.9 Å². The molecule has 5 nitrogen and oxygen atoms in total. The molecule has 0 bridgehead atoms. The van der Waals surface area contributed by atoms with E-state index >= 15 is 0 Å². The van der Waals surface area contributed by atoms with Gasteiger partial charge in [0.15, 0.2) is 0 Å². The molecule has 0 spiro atoms. The maximum Gasteiger partial charge on any atom is 0.313 e. The van der Waals surface area contributed by atoms with Crippen LogP contribution in [-0.4, -0.2) is 37.7 Å². The third-order valence-corrected chi connectivity index (χ3v) is 3.98. The largest absolute Gasteiger partial charge is 0.466 e. The monoisotopic (exact) mass is 335 g/mol. The molecule has 0 aromatic heterocycles. The van der Waals surface area contributed by atoms with E-state index in [9.17, 15) is 9.59 Å². The Morgan fingerprint density at radius 2 is 1.71 bits per heavy atom. The summed E-state index contributed by atoms with van der Waals surface area (Å²) in [7, 11) is 0. The Morgan fingerprint density at radius 1 is 1.08 bits per heavy atom. The van der Waals surface area contributed by atoms with Gasteiger partial charge in [0.2, 0.25) is 0 Å². The van der Waals surface area contributed by atoms with Gasteiger partial charge in [0, 0.05) is 12.6 Å². The Morgan fingerprint density at radius 3 is 2.29 bits per heavy atom. The second-order valence-corrected chi connectivity index (χ2v) is 6.19. The topological polar surface area (TPSA) is 64.6 Å². The minimum absolute atomic E-state index is 0.145. The molecule has 0 aliphatic heterocycles. The lowest BCUT2D eigenvalue weighted by Crippen LogP contribution is -2.49. The van der Waals surface area contributed by atoms with Gasteiger partial charge in [-0.1, -0.05) is 30.3 Å². The first-order valence-corrected chi connectivity index (χ1v) is 8.52. The van der Waals surface area contributed by atoms with Gasteiger partial charge in [0.1, 0.15) is 0 Å². The van der Waals surface area contributed by atoms with Gasteiger partial charge in [-0.3, -0.25) is 9.59 Å². The number of carbonyl (C=O) groups is 2. The van der Waals surface area contributed by atoms with Gasteiger partial charge >= 0.3 is 11.9 Å². The van der Waals surface area contributed by atoms with Gasteiger partial charge in [-0.2, -0.15) is 0 Å². The molecule has 0 saturated heterocycles. The highest BCUT2D eigenvalue weighted by Gasteiger charge is 2.38. The van der Waals surface area contributed by atoms with E-state index in [1.165, 1.54) is 0 Å². The second-order valence-electron chi connectivity index (χ2n) is 6.19. The summed E-state index contributed by atoms with van der Waals surface area (Å²) in [4.78, 5) is 23.9. The van der Waals surface area contributed by atoms with Crippen LogP contribution >= 0.6 is 0 Å². The zero-order valence-electron chi connectivity index (χ0n) is 15.1. The predicted octanol–water partition coefficient (Wildman–Crippen LogP) is 2.73. The SMILES string of the molecule is CCOC(=O)CCNC(Cc1ccccc1)C(C)(C)C(=O)OCC. The molecule has 5 heteroatoms. The van der Waals surface area contributed by atoms with E-state index in [2.05, 4.69) is 5.32 Å². The molecule has 0 fully saturated rings. The Balaban J connectivity index is 2.78. The number of hydrogen-bond donors (Lipinski definition) is 1. The Labute approximate surface area is 144 Å². The minimum Gasteiger partial charge on any atom is -0.466 e. The molecule has 0 radical (unpaired) electrons. The molecular formula is C19H29NO4. The molecule has 0 amide bonds. The van der Waals surface area contributed by atoms with E-state index in [1.807, 2.05) is 44.2 Å². The van der Waals surface area contributed by atoms with Crippen molar-refractivity contribution in [3.8, 4) is 0 Å². The van der Waals surface area contributed by atoms with Crippen molar-refractivity contribution in [2.45, 2.75) is 46.6 Å². The van der Waals surface area contributed by atoms with Gasteiger partial charge in [0.25, 0.3) is 0 Å². The van der Waals surface area contributed by atoms with Crippen LogP contribution in [0.2, 0.25) is 0 Å². The van der Waals surface area contributed by atoms with Gasteiger partial charge in [-0.05, 0) is 39.7 Å². The maximum absolute atomic E-state index is 12.3. The molecule has 24 heavy (non-hydrogen) atoms. The average Bonchev–Trinajstić information content (AvgIpc) is 2.55. The lowest BCUT2D eigenvalue weighted by molar-refractivity contribution is -0.155. The van der Waals surface area contributed by atoms with Crippen LogP contribution in [0.4, 0.5) is 0 Å². The van der Waals surface area contributed by atoms with E-state index in [0.29, 0.717) is 26.2 Å². The van der Waals surface area contributed by atoms with Crippen molar-refractivity contribution in [3.05, 3.63) is 35.9 Å². The smallest absolute Gasteiger partial charge is 0.313 e. The van der Waals surface area contributed by atoms with Crippen LogP contribution in [0.5, 0.6) is 0 Å². The summed E-state index contributed by atoms with van der Waals surface area (Å²) in [5.41, 5.74) is 0.420. The molecule has 1 aromatic carbocycles. The lowest BCUT2D eigenvalue weighted by Gasteiger charge is -2.33. The highest BCUT2D eigenvalue weighted by atomic mass is 16.5. The van der Waals surface area contributed by atoms with Gasteiger partial charge in [-0.25, -0.2) is 0 Å². The number of hydrogen-bond acceptors (Lipinski definition) is 5. The minimum atomic E-state index is -0.708. The molecule has 0 heterocycles. The molecule has 1 aromatic rings. The van der Waals surface area contributed by atoms with Crippen molar-refractivity contribution in [1.82, 2.24) is 5.32 Å². The summed E-state index contributed by atoms with van der Waals surface area (Å²) >= 11 is 0. The molecule has 134 valence electrons. The van der Waals surface area contributed by atoms with E-state index in [-0.39, 0.29) is 24.4 Å². The van der Waals surface area contributed by atoms with Crippen molar-refractivity contribution < 1.29 is 19.1 Å². The molecule has 0 aliphatic carbocycles. The van der Waals surface area contributed by atoms with E-state index in [4.69, 9.17) is 9.47 Å². The molecule has 1 unspecified atom stereocenters. The molecule has 1 N–H and O–H groups in total. The number of nitrogens with one attached hydrogen (secondary N) is 1. The van der Waals surface area contributed by atoms with Crippen molar-refractivity contribution in [2.24, 2.45) is 5.41 Å². The summed E-state index contributed by atoms with van der Waals surface area (Å²) in [6.45, 7) is 8.51. The number of esters is 2. The second kappa shape index (κ2) is 10.1. The number of benzene rings is 1. The highest BCUT2D eigenvalue weighted by Crippen LogP contribution is 2.26. The summed E-state index contributed by atoms with van der Waals surface area (Å²) in [5, 5.41) is 3.34. The van der Waals surface area contributed by atoms with E-state index in [1.54, 1.807) is 13.8 Å². The van der Waals surface area contributed by atoms with Crippen LogP contribution in [0.15, 0.2) is 30.3 Å². The zero-order chi connectivity index (χ0) is 18.0. The Kier molecular flexibility index (Phi) is 8.47. The van der Waals surface area contributed by atoms with E-state index in [0.717, 1.165) is 5.56 Å². The Hall–Kier alpha value is -1.88. The number of rotatable bonds is 10. The average molecular weight is 335 g/mol. The zero-order valence-corrected chi connectivity index (χ0v) is 15.1. The maximum atomic E-state index is 12.3. The number of carbonyl (C=O) groups excluding carboxylic acids is 2. The van der Waals surface area contributed by atoms with Crippen LogP contribution < -0.4 is 5.32 Å². The molecule has 1 rings (SSSR count). The third-order valence-electron chi connectivity index (χ3n) is 3.98. The van der Waals surface area contributed by atoms with Gasteiger partial charge in [-0.15, -0.1) is 0 Å². The number of ether oxygens (including phenoxy) is 2. The van der Waals surface area contributed by atoms with Crippen molar-refractivity contribution in [1.29, 1.82) is 0 Å². The first-order chi connectivity index (χ1) is 11.4. The first kappa shape index (κ1) is 20.2. The lowest BCUT2D eigenvalue weighted by atomic mass is 9.81.